The Kier molecular flexibility index (Phi) is 2.12. The van der Waals surface area contributed by atoms with Crippen LogP contribution in [-0.4, -0.2) is 19.0 Å². The number of nitrogens with zero attached hydrogens (tertiary/aromatic N) is 3. The fraction of sp³-hybridized carbons (Fsp3) is 0.800. The van der Waals surface area contributed by atoms with E-state index in [0.29, 0.717) is 13.1 Å². The van der Waals surface area contributed by atoms with Gasteiger partial charge in [0.25, 0.3) is 0 Å². The number of rotatable bonds is 2. The van der Waals surface area contributed by atoms with Crippen LogP contribution in [0.3, 0.4) is 0 Å². The second-order valence-corrected chi connectivity index (χ2v) is 2.19. The van der Waals surface area contributed by atoms with Gasteiger partial charge < -0.3 is 5.32 Å². The van der Waals surface area contributed by atoms with Gasteiger partial charge >= 0.3 is 0 Å². The highest BCUT2D eigenvalue weighted by atomic mass is 16.2. The quantitative estimate of drug-likeness (QED) is 0.337. The van der Waals surface area contributed by atoms with Gasteiger partial charge in [-0.05, 0) is 12.0 Å². The summed E-state index contributed by atoms with van der Waals surface area (Å²) in [5, 5.41) is 5.98. The van der Waals surface area contributed by atoms with E-state index >= 15 is 0 Å². The summed E-state index contributed by atoms with van der Waals surface area (Å²) in [6, 6.07) is 0. The lowest BCUT2D eigenvalue weighted by molar-refractivity contribution is -0.122. The van der Waals surface area contributed by atoms with Crippen LogP contribution in [0.4, 0.5) is 0 Å². The van der Waals surface area contributed by atoms with E-state index in [-0.39, 0.29) is 11.8 Å². The zero-order valence-electron chi connectivity index (χ0n) is 5.45. The summed E-state index contributed by atoms with van der Waals surface area (Å²) < 4.78 is 0. The van der Waals surface area contributed by atoms with Crippen LogP contribution in [0.1, 0.15) is 6.42 Å². The number of azide groups is 1. The molecule has 1 unspecified atom stereocenters. The number of amides is 1. The van der Waals surface area contributed by atoms with Gasteiger partial charge in [0.05, 0.1) is 0 Å². The summed E-state index contributed by atoms with van der Waals surface area (Å²) >= 11 is 0. The largest absolute Gasteiger partial charge is 0.356 e. The third-order valence-electron chi connectivity index (χ3n) is 1.53. The summed E-state index contributed by atoms with van der Waals surface area (Å²) in [6.07, 6.45) is 0.790. The molecule has 1 heterocycles. The van der Waals surface area contributed by atoms with Gasteiger partial charge in [0.15, 0.2) is 0 Å². The fourth-order valence-corrected chi connectivity index (χ4v) is 0.954. The Morgan fingerprint density at radius 1 is 1.90 bits per heavy atom. The molecule has 5 nitrogen and oxygen atoms in total. The van der Waals surface area contributed by atoms with Crippen molar-refractivity contribution in [1.82, 2.24) is 5.32 Å². The summed E-state index contributed by atoms with van der Waals surface area (Å²) in [5.74, 6) is -0.0803. The van der Waals surface area contributed by atoms with Gasteiger partial charge in [-0.15, -0.1) is 0 Å². The van der Waals surface area contributed by atoms with Crippen molar-refractivity contribution in [2.75, 3.05) is 13.1 Å². The molecule has 0 saturated carbocycles. The highest BCUT2D eigenvalue weighted by Gasteiger charge is 2.22. The summed E-state index contributed by atoms with van der Waals surface area (Å²) in [6.45, 7) is 1.01. The van der Waals surface area contributed by atoms with E-state index in [4.69, 9.17) is 5.53 Å². The minimum Gasteiger partial charge on any atom is -0.356 e. The minimum atomic E-state index is -0.0871. The second-order valence-electron chi connectivity index (χ2n) is 2.19. The molecule has 1 rings (SSSR count). The van der Waals surface area contributed by atoms with Gasteiger partial charge in [0, 0.05) is 23.9 Å². The molecule has 1 atom stereocenters. The van der Waals surface area contributed by atoms with Crippen LogP contribution in [0.5, 0.6) is 0 Å². The van der Waals surface area contributed by atoms with Crippen LogP contribution in [0.25, 0.3) is 10.4 Å². The summed E-state index contributed by atoms with van der Waals surface area (Å²) in [4.78, 5) is 13.4. The average Bonchev–Trinajstić information content (AvgIpc) is 2.31. The van der Waals surface area contributed by atoms with Crippen molar-refractivity contribution in [1.29, 1.82) is 0 Å². The van der Waals surface area contributed by atoms with Crippen LogP contribution < -0.4 is 5.32 Å². The first-order valence-corrected chi connectivity index (χ1v) is 3.13. The van der Waals surface area contributed by atoms with Crippen LogP contribution >= 0.6 is 0 Å². The molecule has 1 N–H and O–H groups in total. The molecule has 0 aromatic carbocycles. The molecule has 0 spiro atoms. The van der Waals surface area contributed by atoms with E-state index in [1.165, 1.54) is 0 Å². The minimum absolute atomic E-state index is 0.00685. The molecule has 0 aromatic heterocycles. The van der Waals surface area contributed by atoms with E-state index in [1.807, 2.05) is 0 Å². The van der Waals surface area contributed by atoms with E-state index in [9.17, 15) is 4.79 Å². The molecule has 54 valence electrons. The predicted octanol–water partition coefficient (Wildman–Crippen LogP) is 0.433. The molecule has 1 saturated heterocycles. The molecule has 1 aliphatic heterocycles. The predicted molar refractivity (Wildman–Crippen MR) is 35.1 cm³/mol. The van der Waals surface area contributed by atoms with E-state index in [1.54, 1.807) is 0 Å². The molecule has 1 amide bonds. The van der Waals surface area contributed by atoms with Crippen molar-refractivity contribution in [3.05, 3.63) is 10.4 Å². The first kappa shape index (κ1) is 6.89. The Balaban J connectivity index is 2.40. The van der Waals surface area contributed by atoms with Crippen molar-refractivity contribution in [3.63, 3.8) is 0 Å². The Hall–Kier alpha value is -1.22. The molecule has 0 aliphatic carbocycles. The highest BCUT2D eigenvalue weighted by molar-refractivity contribution is 5.80. The van der Waals surface area contributed by atoms with Crippen molar-refractivity contribution >= 4 is 5.91 Å². The zero-order valence-corrected chi connectivity index (χ0v) is 5.45. The van der Waals surface area contributed by atoms with Gasteiger partial charge in [-0.2, -0.15) is 0 Å². The molecule has 1 fully saturated rings. The molecule has 10 heavy (non-hydrogen) atoms. The maximum absolute atomic E-state index is 10.8. The zero-order chi connectivity index (χ0) is 7.40. The Bertz CT molecular complexity index is 184. The van der Waals surface area contributed by atoms with Crippen molar-refractivity contribution in [2.45, 2.75) is 6.42 Å². The van der Waals surface area contributed by atoms with Gasteiger partial charge in [-0.1, -0.05) is 5.11 Å². The van der Waals surface area contributed by atoms with Gasteiger partial charge in [0.2, 0.25) is 5.91 Å². The van der Waals surface area contributed by atoms with Crippen molar-refractivity contribution in [2.24, 2.45) is 11.0 Å². The van der Waals surface area contributed by atoms with E-state index in [0.717, 1.165) is 6.42 Å². The van der Waals surface area contributed by atoms with Gasteiger partial charge in [-0.25, -0.2) is 0 Å². The smallest absolute Gasteiger partial charge is 0.223 e. The molecular formula is C5H8N4O. The topological polar surface area (TPSA) is 77.9 Å². The number of nitrogens with one attached hydrogen (secondary N) is 1. The maximum atomic E-state index is 10.8. The van der Waals surface area contributed by atoms with Crippen LogP contribution in [0.15, 0.2) is 5.11 Å². The van der Waals surface area contributed by atoms with Gasteiger partial charge in [0.1, 0.15) is 0 Å². The van der Waals surface area contributed by atoms with Gasteiger partial charge in [-0.3, -0.25) is 4.79 Å². The van der Waals surface area contributed by atoms with Crippen molar-refractivity contribution in [3.8, 4) is 0 Å². The fourth-order valence-electron chi connectivity index (χ4n) is 0.954. The van der Waals surface area contributed by atoms with Crippen LogP contribution in [-0.2, 0) is 4.79 Å². The van der Waals surface area contributed by atoms with E-state index in [2.05, 4.69) is 15.3 Å². The lowest BCUT2D eigenvalue weighted by Gasteiger charge is -1.97. The monoisotopic (exact) mass is 140 g/mol. The Morgan fingerprint density at radius 3 is 3.20 bits per heavy atom. The third-order valence-corrected chi connectivity index (χ3v) is 1.53. The lowest BCUT2D eigenvalue weighted by atomic mass is 10.1. The summed E-state index contributed by atoms with van der Waals surface area (Å²) in [5.41, 5.74) is 7.94. The first-order chi connectivity index (χ1) is 4.84. The molecule has 5 heteroatoms. The van der Waals surface area contributed by atoms with Crippen LogP contribution in [0.2, 0.25) is 0 Å². The number of hydrogen-bond acceptors (Lipinski definition) is 2. The lowest BCUT2D eigenvalue weighted by Crippen LogP contribution is -2.20. The van der Waals surface area contributed by atoms with Crippen LogP contribution in [0, 0.1) is 5.92 Å². The number of carbonyl (C=O) groups is 1. The standard InChI is InChI=1S/C5H8N4O/c6-9-8-3-4-1-2-7-5(4)10/h4H,1-3H2,(H,7,10). The first-order valence-electron chi connectivity index (χ1n) is 3.13. The van der Waals surface area contributed by atoms with Crippen molar-refractivity contribution < 1.29 is 4.79 Å². The number of carbonyl (C=O) groups excluding carboxylic acids is 1. The second kappa shape index (κ2) is 3.08. The SMILES string of the molecule is [N-]=[N+]=NCC1CCNC1=O. The maximum Gasteiger partial charge on any atom is 0.223 e. The summed E-state index contributed by atoms with van der Waals surface area (Å²) in [7, 11) is 0. The Labute approximate surface area is 58.0 Å². The highest BCUT2D eigenvalue weighted by Crippen LogP contribution is 2.08. The Morgan fingerprint density at radius 2 is 2.70 bits per heavy atom. The molecule has 0 radical (unpaired) electrons. The van der Waals surface area contributed by atoms with E-state index < -0.39 is 0 Å². The molecule has 1 aliphatic rings. The molecule has 0 bridgehead atoms. The molecule has 0 aromatic rings. The third kappa shape index (κ3) is 1.39. The molecular weight excluding hydrogens is 132 g/mol. The average molecular weight is 140 g/mol. The normalized spacial score (nSPS) is 23.6. The number of hydrogen-bond donors (Lipinski definition) is 1.